The predicted molar refractivity (Wildman–Crippen MR) is 172 cm³/mol. The summed E-state index contributed by atoms with van der Waals surface area (Å²) in [6.07, 6.45) is -5.78. The van der Waals surface area contributed by atoms with Gasteiger partial charge in [0.15, 0.2) is 0 Å². The van der Waals surface area contributed by atoms with Crippen LogP contribution in [0, 0.1) is 18.6 Å². The zero-order chi connectivity index (χ0) is 38.2. The molecular weight excluding hydrogens is 718 g/mol. The summed E-state index contributed by atoms with van der Waals surface area (Å²) >= 11 is 6.59. The number of nitrogens with zero attached hydrogens (tertiary/aromatic N) is 4. The number of hydrogen-bond donors (Lipinski definition) is 2. The van der Waals surface area contributed by atoms with E-state index in [1.807, 2.05) is 0 Å². The molecule has 0 aliphatic carbocycles. The Hall–Kier alpha value is -5.29. The van der Waals surface area contributed by atoms with Crippen LogP contribution >= 0.6 is 11.6 Å². The van der Waals surface area contributed by atoms with E-state index >= 15 is 0 Å². The number of halogens is 9. The number of aryl methyl sites for hydroxylation is 2. The zero-order valence-electron chi connectivity index (χ0n) is 26.8. The maximum absolute atomic E-state index is 14.9. The van der Waals surface area contributed by atoms with E-state index < -0.39 is 52.9 Å². The number of pyridine rings is 1. The van der Waals surface area contributed by atoms with Crippen molar-refractivity contribution in [2.75, 3.05) is 26.0 Å². The Bertz CT molecular complexity index is 2180. The Labute approximate surface area is 288 Å². The minimum atomic E-state index is -5.08. The van der Waals surface area contributed by atoms with Gasteiger partial charge in [0.1, 0.15) is 28.7 Å². The van der Waals surface area contributed by atoms with E-state index in [2.05, 4.69) is 10.3 Å². The summed E-state index contributed by atoms with van der Waals surface area (Å²) in [5.74, 6) is -6.21. The van der Waals surface area contributed by atoms with Crippen LogP contribution < -0.4 is 5.32 Å². The molecule has 3 heterocycles. The summed E-state index contributed by atoms with van der Waals surface area (Å²) in [6.45, 7) is 2.07. The Morgan fingerprint density at radius 1 is 1.00 bits per heavy atom. The molecule has 270 valence electrons. The van der Waals surface area contributed by atoms with Gasteiger partial charge in [0.25, 0.3) is 0 Å². The third-order valence-electron chi connectivity index (χ3n) is 7.38. The number of hydrogen-bond acceptors (Lipinski definition) is 5. The highest BCUT2D eigenvalue weighted by Crippen LogP contribution is 2.45. The van der Waals surface area contributed by atoms with Crippen molar-refractivity contribution in [1.29, 1.82) is 0 Å². The third-order valence-corrected chi connectivity index (χ3v) is 7.74. The number of fused-ring (bicyclic) bond motifs is 2. The molecule has 51 heavy (non-hydrogen) atoms. The zero-order valence-corrected chi connectivity index (χ0v) is 27.6. The number of aliphatic carboxylic acids is 1. The van der Waals surface area contributed by atoms with Gasteiger partial charge in [-0.1, -0.05) is 23.7 Å². The molecule has 2 aromatic carbocycles. The molecule has 0 unspecified atom stereocenters. The molecule has 0 bridgehead atoms. The van der Waals surface area contributed by atoms with Crippen LogP contribution in [-0.2, 0) is 22.8 Å². The number of alkyl halides is 6. The average molecular weight is 744 g/mol. The standard InChI is InChI=1S/C31H25ClF5N5O2.C2HF3O2/c1-16-38-29-24(41(16)4)15-19(31(35,36)37)26(27(29)32)18-7-5-12-42-22(18)9-10-23(42)30(44)17-13-20(33)28(21(34)14-17)39-25(43)8-6-11-40(2)3;3-2(4,5)1(6)7/h5-10,12-15H,11H2,1-4H3,(H,39,43);(H,6,7)/b8-6+;. The van der Waals surface area contributed by atoms with Gasteiger partial charge in [-0.2, -0.15) is 26.3 Å². The second-order valence-electron chi connectivity index (χ2n) is 11.2. The number of rotatable bonds is 7. The van der Waals surface area contributed by atoms with Gasteiger partial charge < -0.3 is 24.3 Å². The van der Waals surface area contributed by atoms with Crippen molar-refractivity contribution in [2.45, 2.75) is 19.3 Å². The predicted octanol–water partition coefficient (Wildman–Crippen LogP) is 7.67. The SMILES string of the molecule is Cc1nc2c(Cl)c(-c3cccn4c(C(=O)c5cc(F)c(NC(=O)/C=C/CN(C)C)c(F)c5)ccc34)c(C(F)(F)F)cc2n1C.O=C(O)C(F)(F)F. The lowest BCUT2D eigenvalue weighted by Gasteiger charge is -2.17. The number of aromatic nitrogens is 3. The first kappa shape index (κ1) is 38.5. The lowest BCUT2D eigenvalue weighted by molar-refractivity contribution is -0.192. The number of carboxylic acids is 1. The lowest BCUT2D eigenvalue weighted by atomic mass is 9.97. The molecule has 0 saturated heterocycles. The van der Waals surface area contributed by atoms with Gasteiger partial charge in [-0.15, -0.1) is 0 Å². The number of likely N-dealkylation sites (N-methyl/N-ethyl adjacent to an activating group) is 1. The molecule has 5 aromatic rings. The first-order valence-corrected chi connectivity index (χ1v) is 14.8. The summed E-state index contributed by atoms with van der Waals surface area (Å²) in [5, 5.41) is 9.04. The number of ketones is 1. The Morgan fingerprint density at radius 3 is 2.16 bits per heavy atom. The largest absolute Gasteiger partial charge is 0.490 e. The molecule has 0 aliphatic rings. The average Bonchev–Trinajstić information content (AvgIpc) is 3.58. The number of amides is 1. The fourth-order valence-corrected chi connectivity index (χ4v) is 5.27. The Morgan fingerprint density at radius 2 is 1.61 bits per heavy atom. The number of carboxylic acid groups (broad SMARTS) is 1. The molecule has 1 amide bonds. The number of carbonyl (C=O) groups excluding carboxylic acids is 2. The van der Waals surface area contributed by atoms with E-state index in [1.165, 1.54) is 45.5 Å². The van der Waals surface area contributed by atoms with Crippen molar-refractivity contribution in [3.8, 4) is 11.1 Å². The number of benzene rings is 2. The van der Waals surface area contributed by atoms with Crippen LogP contribution in [0.3, 0.4) is 0 Å². The Balaban J connectivity index is 0.000000755. The molecule has 0 aliphatic heterocycles. The highest BCUT2D eigenvalue weighted by molar-refractivity contribution is 6.38. The molecule has 18 heteroatoms. The monoisotopic (exact) mass is 743 g/mol. The third kappa shape index (κ3) is 8.20. The molecule has 0 spiro atoms. The van der Waals surface area contributed by atoms with Crippen LogP contribution in [0.5, 0.6) is 0 Å². The van der Waals surface area contributed by atoms with Crippen LogP contribution in [0.4, 0.5) is 40.8 Å². The van der Waals surface area contributed by atoms with Gasteiger partial charge in [0.05, 0.1) is 27.3 Å². The van der Waals surface area contributed by atoms with E-state index in [1.54, 1.807) is 33.0 Å². The molecule has 0 saturated carbocycles. The van der Waals surface area contributed by atoms with Crippen LogP contribution in [-0.4, -0.2) is 68.4 Å². The molecule has 5 rings (SSSR count). The quantitative estimate of drug-likeness (QED) is 0.101. The van der Waals surface area contributed by atoms with Gasteiger partial charge in [0.2, 0.25) is 11.7 Å². The second kappa shape index (κ2) is 14.5. The highest BCUT2D eigenvalue weighted by atomic mass is 35.5. The molecule has 0 atom stereocenters. The first-order chi connectivity index (χ1) is 23.6. The van der Waals surface area contributed by atoms with Gasteiger partial charge >= 0.3 is 18.3 Å². The van der Waals surface area contributed by atoms with Crippen molar-refractivity contribution in [1.82, 2.24) is 18.9 Å². The van der Waals surface area contributed by atoms with E-state index in [9.17, 15) is 44.7 Å². The maximum Gasteiger partial charge on any atom is 0.490 e. The Kier molecular flexibility index (Phi) is 11.0. The van der Waals surface area contributed by atoms with Crippen molar-refractivity contribution >= 4 is 51.5 Å². The van der Waals surface area contributed by atoms with E-state index in [-0.39, 0.29) is 44.0 Å². The van der Waals surface area contributed by atoms with E-state index in [0.717, 1.165) is 24.3 Å². The van der Waals surface area contributed by atoms with Crippen LogP contribution in [0.15, 0.2) is 60.8 Å². The highest BCUT2D eigenvalue weighted by Gasteiger charge is 2.38. The lowest BCUT2D eigenvalue weighted by Crippen LogP contribution is -2.21. The van der Waals surface area contributed by atoms with Gasteiger partial charge in [-0.05, 0) is 57.4 Å². The van der Waals surface area contributed by atoms with Crippen molar-refractivity contribution < 1.29 is 54.6 Å². The number of carbonyl (C=O) groups is 3. The topological polar surface area (TPSA) is 109 Å². The fraction of sp³-hybridized carbons (Fsp3) is 0.212. The van der Waals surface area contributed by atoms with Crippen LogP contribution in [0.25, 0.3) is 27.7 Å². The summed E-state index contributed by atoms with van der Waals surface area (Å²) in [6, 6.07) is 8.19. The molecule has 2 N–H and O–H groups in total. The van der Waals surface area contributed by atoms with Gasteiger partial charge in [-0.3, -0.25) is 9.59 Å². The first-order valence-electron chi connectivity index (χ1n) is 14.4. The molecule has 9 nitrogen and oxygen atoms in total. The van der Waals surface area contributed by atoms with Crippen molar-refractivity contribution in [3.63, 3.8) is 0 Å². The maximum atomic E-state index is 14.9. The molecule has 0 radical (unpaired) electrons. The van der Waals surface area contributed by atoms with E-state index in [0.29, 0.717) is 12.4 Å². The number of imidazole rings is 1. The molecule has 0 fully saturated rings. The summed E-state index contributed by atoms with van der Waals surface area (Å²) in [5.41, 5.74) is -1.80. The summed E-state index contributed by atoms with van der Waals surface area (Å²) in [4.78, 5) is 40.6. The second-order valence-corrected chi connectivity index (χ2v) is 11.6. The number of nitrogens with one attached hydrogen (secondary N) is 1. The van der Waals surface area contributed by atoms with Gasteiger partial charge in [0, 0.05) is 42.6 Å². The minimum absolute atomic E-state index is 0.0662. The van der Waals surface area contributed by atoms with E-state index in [4.69, 9.17) is 21.5 Å². The van der Waals surface area contributed by atoms with Crippen molar-refractivity contribution in [3.05, 3.63) is 100 Å². The van der Waals surface area contributed by atoms with Crippen LogP contribution in [0.2, 0.25) is 5.02 Å². The van der Waals surface area contributed by atoms with Crippen molar-refractivity contribution in [2.24, 2.45) is 7.05 Å². The number of anilines is 1. The summed E-state index contributed by atoms with van der Waals surface area (Å²) in [7, 11) is 5.15. The van der Waals surface area contributed by atoms with Gasteiger partial charge in [-0.25, -0.2) is 18.6 Å². The molecule has 3 aromatic heterocycles. The van der Waals surface area contributed by atoms with Crippen LogP contribution in [0.1, 0.15) is 27.4 Å². The molecular formula is C33H26ClF8N5O4. The fourth-order valence-electron chi connectivity index (χ4n) is 4.93. The normalized spacial score (nSPS) is 12.1. The smallest absolute Gasteiger partial charge is 0.475 e. The minimum Gasteiger partial charge on any atom is -0.475 e. The summed E-state index contributed by atoms with van der Waals surface area (Å²) < 4.78 is 107.